The molecule has 158 valence electrons. The molecule has 0 aliphatic carbocycles. The number of rotatable bonds is 4. The highest BCUT2D eigenvalue weighted by molar-refractivity contribution is 6.34. The van der Waals surface area contributed by atoms with Gasteiger partial charge in [-0.05, 0) is 30.3 Å². The van der Waals surface area contributed by atoms with Crippen LogP contribution in [0.15, 0.2) is 48.9 Å². The van der Waals surface area contributed by atoms with E-state index in [9.17, 15) is 4.39 Å². The van der Waals surface area contributed by atoms with Gasteiger partial charge in [0.1, 0.15) is 5.75 Å². The van der Waals surface area contributed by atoms with Gasteiger partial charge in [0.05, 0.1) is 31.5 Å². The predicted molar refractivity (Wildman–Crippen MR) is 119 cm³/mol. The topological polar surface area (TPSA) is 63.3 Å². The van der Waals surface area contributed by atoms with Crippen LogP contribution in [-0.4, -0.2) is 48.4 Å². The van der Waals surface area contributed by atoms with Gasteiger partial charge in [-0.3, -0.25) is 4.98 Å². The van der Waals surface area contributed by atoms with Crippen molar-refractivity contribution in [2.24, 2.45) is 0 Å². The van der Waals surface area contributed by atoms with E-state index in [2.05, 4.69) is 15.0 Å². The van der Waals surface area contributed by atoms with Gasteiger partial charge in [-0.15, -0.1) is 0 Å². The third kappa shape index (κ3) is 3.82. The fourth-order valence-corrected chi connectivity index (χ4v) is 4.07. The number of morpholine rings is 1. The van der Waals surface area contributed by atoms with Crippen LogP contribution in [0, 0.1) is 5.82 Å². The molecular formula is C23H20ClFN4O2. The Balaban J connectivity index is 1.50. The maximum Gasteiger partial charge on any atom is 0.166 e. The fraction of sp³-hybridized carbons (Fsp3) is 0.217. The molecule has 0 bridgehead atoms. The largest absolute Gasteiger partial charge is 0.495 e. The Morgan fingerprint density at radius 2 is 1.90 bits per heavy atom. The van der Waals surface area contributed by atoms with Crippen LogP contribution in [0.25, 0.3) is 33.3 Å². The molecule has 5 rings (SSSR count). The van der Waals surface area contributed by atoms with E-state index in [4.69, 9.17) is 21.1 Å². The van der Waals surface area contributed by atoms with Crippen LogP contribution in [0.3, 0.4) is 0 Å². The third-order valence-corrected chi connectivity index (χ3v) is 5.72. The molecule has 3 aromatic heterocycles. The molecule has 1 aliphatic heterocycles. The summed E-state index contributed by atoms with van der Waals surface area (Å²) in [6.45, 7) is 2.43. The summed E-state index contributed by atoms with van der Waals surface area (Å²) < 4.78 is 25.4. The summed E-state index contributed by atoms with van der Waals surface area (Å²) in [4.78, 5) is 13.8. The minimum absolute atomic E-state index is 0.348. The van der Waals surface area contributed by atoms with E-state index in [0.29, 0.717) is 48.5 Å². The van der Waals surface area contributed by atoms with E-state index < -0.39 is 0 Å². The van der Waals surface area contributed by atoms with E-state index in [1.165, 1.54) is 6.07 Å². The van der Waals surface area contributed by atoms with Crippen molar-refractivity contribution < 1.29 is 13.9 Å². The fourth-order valence-electron chi connectivity index (χ4n) is 3.79. The minimum atomic E-state index is -0.348. The second-order valence-electron chi connectivity index (χ2n) is 7.34. The Morgan fingerprint density at radius 1 is 1.06 bits per heavy atom. The van der Waals surface area contributed by atoms with Crippen molar-refractivity contribution in [3.63, 3.8) is 0 Å². The monoisotopic (exact) mass is 438 g/mol. The molecule has 0 saturated carbocycles. The highest BCUT2D eigenvalue weighted by atomic mass is 35.5. The highest BCUT2D eigenvalue weighted by Gasteiger charge is 2.18. The van der Waals surface area contributed by atoms with E-state index in [0.717, 1.165) is 27.7 Å². The summed E-state index contributed by atoms with van der Waals surface area (Å²) in [5.41, 5.74) is 4.00. The molecule has 0 spiro atoms. The standard InChI is InChI=1S/C23H20ClFN4O2/c1-30-17-6-15(11-26-13-17)18-7-14-9-21(28-22(14)10-19(18)24)16-8-20(25)23(27-12-16)29-2-4-31-5-3-29/h6-13,28H,2-5H2,1H3. The van der Waals surface area contributed by atoms with Gasteiger partial charge >= 0.3 is 0 Å². The van der Waals surface area contributed by atoms with Gasteiger partial charge in [0.2, 0.25) is 0 Å². The number of anilines is 1. The second-order valence-corrected chi connectivity index (χ2v) is 7.75. The lowest BCUT2D eigenvalue weighted by Crippen LogP contribution is -2.37. The summed E-state index contributed by atoms with van der Waals surface area (Å²) in [5, 5.41) is 1.54. The lowest BCUT2D eigenvalue weighted by Gasteiger charge is -2.28. The predicted octanol–water partition coefficient (Wildman–Crippen LogP) is 4.93. The Labute approximate surface area is 183 Å². The number of fused-ring (bicyclic) bond motifs is 1. The van der Waals surface area contributed by atoms with Crippen LogP contribution in [0.1, 0.15) is 0 Å². The molecule has 1 saturated heterocycles. The number of ether oxygens (including phenoxy) is 2. The zero-order valence-corrected chi connectivity index (χ0v) is 17.6. The molecule has 4 heterocycles. The summed E-state index contributed by atoms with van der Waals surface area (Å²) in [7, 11) is 1.60. The number of benzene rings is 1. The van der Waals surface area contributed by atoms with Crippen molar-refractivity contribution in [1.82, 2.24) is 15.0 Å². The summed E-state index contributed by atoms with van der Waals surface area (Å²) >= 11 is 6.54. The number of halogens is 2. The van der Waals surface area contributed by atoms with Crippen molar-refractivity contribution in [2.75, 3.05) is 38.3 Å². The first-order valence-corrected chi connectivity index (χ1v) is 10.3. The number of hydrogen-bond donors (Lipinski definition) is 1. The van der Waals surface area contributed by atoms with Crippen LogP contribution in [0.4, 0.5) is 10.2 Å². The SMILES string of the molecule is COc1cncc(-c2cc3cc(-c4cnc(N5CCOCC5)c(F)c4)[nH]c3cc2Cl)c1. The van der Waals surface area contributed by atoms with E-state index in [1.807, 2.05) is 29.2 Å². The van der Waals surface area contributed by atoms with Crippen LogP contribution in [0.2, 0.25) is 5.02 Å². The van der Waals surface area contributed by atoms with Gasteiger partial charge in [0.25, 0.3) is 0 Å². The molecule has 1 N–H and O–H groups in total. The first-order valence-electron chi connectivity index (χ1n) is 9.92. The van der Waals surface area contributed by atoms with Crippen LogP contribution >= 0.6 is 11.6 Å². The Hall–Kier alpha value is -3.16. The Bertz CT molecular complexity index is 1250. The lowest BCUT2D eigenvalue weighted by atomic mass is 10.1. The molecular weight excluding hydrogens is 419 g/mol. The van der Waals surface area contributed by atoms with Gasteiger partial charge < -0.3 is 19.4 Å². The molecule has 1 aromatic carbocycles. The number of hydrogen-bond acceptors (Lipinski definition) is 5. The normalized spacial score (nSPS) is 14.2. The van der Waals surface area contributed by atoms with Gasteiger partial charge in [0, 0.05) is 58.8 Å². The minimum Gasteiger partial charge on any atom is -0.495 e. The summed E-state index contributed by atoms with van der Waals surface area (Å²) in [6.07, 6.45) is 5.08. The number of aromatic amines is 1. The highest BCUT2D eigenvalue weighted by Crippen LogP contribution is 2.35. The van der Waals surface area contributed by atoms with Gasteiger partial charge in [-0.1, -0.05) is 11.6 Å². The number of nitrogens with one attached hydrogen (secondary N) is 1. The zero-order chi connectivity index (χ0) is 21.4. The van der Waals surface area contributed by atoms with Crippen LogP contribution < -0.4 is 9.64 Å². The lowest BCUT2D eigenvalue weighted by molar-refractivity contribution is 0.122. The summed E-state index contributed by atoms with van der Waals surface area (Å²) in [6, 6.07) is 9.21. The Morgan fingerprint density at radius 3 is 2.68 bits per heavy atom. The number of pyridine rings is 2. The van der Waals surface area contributed by atoms with Crippen molar-refractivity contribution >= 4 is 28.3 Å². The average molecular weight is 439 g/mol. The van der Waals surface area contributed by atoms with Crippen molar-refractivity contribution in [2.45, 2.75) is 0 Å². The molecule has 0 amide bonds. The second kappa shape index (κ2) is 8.17. The summed E-state index contributed by atoms with van der Waals surface area (Å²) in [5.74, 6) is 0.670. The van der Waals surface area contributed by atoms with Gasteiger partial charge in [0.15, 0.2) is 11.6 Å². The third-order valence-electron chi connectivity index (χ3n) is 5.41. The van der Waals surface area contributed by atoms with Crippen LogP contribution in [0.5, 0.6) is 5.75 Å². The number of aromatic nitrogens is 3. The van der Waals surface area contributed by atoms with E-state index >= 15 is 0 Å². The molecule has 1 fully saturated rings. The van der Waals surface area contributed by atoms with Gasteiger partial charge in [-0.2, -0.15) is 0 Å². The first kappa shape index (κ1) is 19.8. The maximum absolute atomic E-state index is 14.8. The molecule has 4 aromatic rings. The smallest absolute Gasteiger partial charge is 0.166 e. The van der Waals surface area contributed by atoms with Crippen LogP contribution in [-0.2, 0) is 4.74 Å². The zero-order valence-electron chi connectivity index (χ0n) is 16.9. The number of methoxy groups -OCH3 is 1. The molecule has 6 nitrogen and oxygen atoms in total. The quantitative estimate of drug-likeness (QED) is 0.489. The average Bonchev–Trinajstić information content (AvgIpc) is 3.22. The molecule has 0 radical (unpaired) electrons. The molecule has 0 unspecified atom stereocenters. The van der Waals surface area contributed by atoms with Gasteiger partial charge in [-0.25, -0.2) is 9.37 Å². The number of nitrogens with zero attached hydrogens (tertiary/aromatic N) is 3. The van der Waals surface area contributed by atoms with E-state index in [1.54, 1.807) is 25.7 Å². The Kier molecular flexibility index (Phi) is 5.21. The molecule has 0 atom stereocenters. The van der Waals surface area contributed by atoms with Crippen molar-refractivity contribution in [1.29, 1.82) is 0 Å². The molecule has 8 heteroatoms. The number of H-pyrrole nitrogens is 1. The molecule has 31 heavy (non-hydrogen) atoms. The van der Waals surface area contributed by atoms with Crippen molar-refractivity contribution in [3.05, 3.63) is 59.8 Å². The van der Waals surface area contributed by atoms with E-state index in [-0.39, 0.29) is 5.82 Å². The maximum atomic E-state index is 14.8. The van der Waals surface area contributed by atoms with Crippen molar-refractivity contribution in [3.8, 4) is 28.1 Å². The molecule has 1 aliphatic rings. The first-order chi connectivity index (χ1) is 15.1.